The summed E-state index contributed by atoms with van der Waals surface area (Å²) < 4.78 is 16.2. The number of rotatable bonds is 6. The van der Waals surface area contributed by atoms with Crippen LogP contribution in [0.1, 0.15) is 6.92 Å². The van der Waals surface area contributed by atoms with Crippen molar-refractivity contribution in [3.05, 3.63) is 42.5 Å². The van der Waals surface area contributed by atoms with Gasteiger partial charge in [0.2, 0.25) is 0 Å². The lowest BCUT2D eigenvalue weighted by molar-refractivity contribution is 0.208. The average molecular weight is 385 g/mol. The highest BCUT2D eigenvalue weighted by atomic mass is 16.5. The Kier molecular flexibility index (Phi) is 6.47. The Morgan fingerprint density at radius 3 is 2.25 bits per heavy atom. The number of nitrogens with zero attached hydrogens (tertiary/aromatic N) is 2. The molecule has 0 radical (unpaired) electrons. The molecule has 2 aromatic carbocycles. The van der Waals surface area contributed by atoms with E-state index in [1.807, 2.05) is 54.3 Å². The molecule has 28 heavy (non-hydrogen) atoms. The fourth-order valence-electron chi connectivity index (χ4n) is 3.20. The van der Waals surface area contributed by atoms with Gasteiger partial charge in [-0.1, -0.05) is 0 Å². The Labute approximate surface area is 165 Å². The molecule has 2 aromatic rings. The molecule has 0 aromatic heterocycles. The first kappa shape index (κ1) is 19.7. The number of urea groups is 1. The van der Waals surface area contributed by atoms with E-state index in [-0.39, 0.29) is 6.03 Å². The van der Waals surface area contributed by atoms with Crippen LogP contribution in [0.4, 0.5) is 16.2 Å². The number of nitrogens with one attached hydrogen (secondary N) is 1. The second-order valence-corrected chi connectivity index (χ2v) is 6.40. The van der Waals surface area contributed by atoms with Crippen molar-refractivity contribution in [3.63, 3.8) is 0 Å². The minimum atomic E-state index is -0.0921. The van der Waals surface area contributed by atoms with Crippen LogP contribution in [-0.2, 0) is 0 Å². The van der Waals surface area contributed by atoms with Gasteiger partial charge in [0.05, 0.1) is 26.5 Å². The zero-order valence-corrected chi connectivity index (χ0v) is 16.6. The van der Waals surface area contributed by atoms with Gasteiger partial charge in [-0.3, -0.25) is 0 Å². The van der Waals surface area contributed by atoms with Gasteiger partial charge >= 0.3 is 6.03 Å². The molecule has 1 saturated heterocycles. The molecule has 1 heterocycles. The van der Waals surface area contributed by atoms with Crippen LogP contribution in [0.2, 0.25) is 0 Å². The molecule has 1 aliphatic rings. The van der Waals surface area contributed by atoms with Gasteiger partial charge in [-0.15, -0.1) is 0 Å². The molecule has 150 valence electrons. The summed E-state index contributed by atoms with van der Waals surface area (Å²) in [6.07, 6.45) is 0. The maximum absolute atomic E-state index is 12.6. The molecular weight excluding hydrogens is 358 g/mol. The zero-order chi connectivity index (χ0) is 19.9. The maximum atomic E-state index is 12.6. The second kappa shape index (κ2) is 9.21. The van der Waals surface area contributed by atoms with E-state index in [9.17, 15) is 4.79 Å². The molecule has 2 amide bonds. The van der Waals surface area contributed by atoms with Crippen molar-refractivity contribution in [2.45, 2.75) is 6.92 Å². The first-order chi connectivity index (χ1) is 13.6. The number of benzene rings is 2. The van der Waals surface area contributed by atoms with E-state index >= 15 is 0 Å². The van der Waals surface area contributed by atoms with E-state index in [0.29, 0.717) is 19.7 Å². The molecule has 3 rings (SSSR count). The monoisotopic (exact) mass is 385 g/mol. The molecule has 7 heteroatoms. The van der Waals surface area contributed by atoms with Gasteiger partial charge < -0.3 is 29.3 Å². The van der Waals surface area contributed by atoms with Crippen LogP contribution in [0, 0.1) is 0 Å². The summed E-state index contributed by atoms with van der Waals surface area (Å²) in [6.45, 7) is 5.31. The van der Waals surface area contributed by atoms with Gasteiger partial charge in [0.25, 0.3) is 0 Å². The van der Waals surface area contributed by atoms with Crippen LogP contribution in [0.3, 0.4) is 0 Å². The number of hydrogen-bond acceptors (Lipinski definition) is 5. The van der Waals surface area contributed by atoms with Crippen LogP contribution in [0.15, 0.2) is 42.5 Å². The van der Waals surface area contributed by atoms with E-state index < -0.39 is 0 Å². The van der Waals surface area contributed by atoms with Gasteiger partial charge in [-0.05, 0) is 43.3 Å². The summed E-state index contributed by atoms with van der Waals surface area (Å²) in [4.78, 5) is 16.6. The van der Waals surface area contributed by atoms with Crippen molar-refractivity contribution >= 4 is 17.4 Å². The molecule has 0 bridgehead atoms. The predicted octanol–water partition coefficient (Wildman–Crippen LogP) is 3.46. The van der Waals surface area contributed by atoms with Gasteiger partial charge in [0.1, 0.15) is 17.2 Å². The summed E-state index contributed by atoms with van der Waals surface area (Å²) in [7, 11) is 3.29. The SMILES string of the molecule is CCOc1ccc(NC(=O)N2CCN(c3ccc(OC)cc3OC)CC2)cc1. The van der Waals surface area contributed by atoms with Crippen LogP contribution >= 0.6 is 0 Å². The fraction of sp³-hybridized carbons (Fsp3) is 0.381. The third-order valence-electron chi connectivity index (χ3n) is 4.71. The van der Waals surface area contributed by atoms with Gasteiger partial charge in [0, 0.05) is 37.9 Å². The van der Waals surface area contributed by atoms with Crippen molar-refractivity contribution in [1.29, 1.82) is 0 Å². The van der Waals surface area contributed by atoms with Crippen molar-refractivity contribution in [3.8, 4) is 17.2 Å². The number of anilines is 2. The zero-order valence-electron chi connectivity index (χ0n) is 16.6. The summed E-state index contributed by atoms with van der Waals surface area (Å²) in [5.41, 5.74) is 1.77. The van der Waals surface area contributed by atoms with E-state index in [0.717, 1.165) is 41.7 Å². The highest BCUT2D eigenvalue weighted by molar-refractivity contribution is 5.89. The van der Waals surface area contributed by atoms with Crippen molar-refractivity contribution in [2.75, 3.05) is 57.2 Å². The second-order valence-electron chi connectivity index (χ2n) is 6.40. The fourth-order valence-corrected chi connectivity index (χ4v) is 3.20. The molecule has 0 unspecified atom stereocenters. The third kappa shape index (κ3) is 4.60. The highest BCUT2D eigenvalue weighted by Crippen LogP contribution is 2.32. The lowest BCUT2D eigenvalue weighted by Gasteiger charge is -2.36. The predicted molar refractivity (Wildman–Crippen MR) is 110 cm³/mol. The largest absolute Gasteiger partial charge is 0.497 e. The summed E-state index contributed by atoms with van der Waals surface area (Å²) in [5, 5.41) is 2.94. The lowest BCUT2D eigenvalue weighted by atomic mass is 10.2. The molecular formula is C21H27N3O4. The highest BCUT2D eigenvalue weighted by Gasteiger charge is 2.23. The number of methoxy groups -OCH3 is 2. The number of amides is 2. The Morgan fingerprint density at radius 2 is 1.64 bits per heavy atom. The van der Waals surface area contributed by atoms with Crippen LogP contribution in [-0.4, -0.2) is 57.9 Å². The van der Waals surface area contributed by atoms with Crippen molar-refractivity contribution < 1.29 is 19.0 Å². The number of piperazine rings is 1. The number of carbonyl (C=O) groups excluding carboxylic acids is 1. The number of carbonyl (C=O) groups is 1. The minimum absolute atomic E-state index is 0.0921. The van der Waals surface area contributed by atoms with E-state index in [1.165, 1.54) is 0 Å². The molecule has 7 nitrogen and oxygen atoms in total. The average Bonchev–Trinajstić information content (AvgIpc) is 2.75. The maximum Gasteiger partial charge on any atom is 0.321 e. The van der Waals surface area contributed by atoms with Crippen molar-refractivity contribution in [2.24, 2.45) is 0 Å². The molecule has 0 aliphatic carbocycles. The summed E-state index contributed by atoms with van der Waals surface area (Å²) in [5.74, 6) is 2.32. The molecule has 0 saturated carbocycles. The Hall–Kier alpha value is -3.09. The van der Waals surface area contributed by atoms with E-state index in [2.05, 4.69) is 10.2 Å². The van der Waals surface area contributed by atoms with Crippen LogP contribution in [0.25, 0.3) is 0 Å². The van der Waals surface area contributed by atoms with Gasteiger partial charge in [0.15, 0.2) is 0 Å². The Balaban J connectivity index is 1.57. The van der Waals surface area contributed by atoms with E-state index in [1.54, 1.807) is 14.2 Å². The summed E-state index contributed by atoms with van der Waals surface area (Å²) >= 11 is 0. The standard InChI is InChI=1S/C21H27N3O4/c1-4-28-17-7-5-16(6-8-17)22-21(25)24-13-11-23(12-14-24)19-10-9-18(26-2)15-20(19)27-3/h5-10,15H,4,11-14H2,1-3H3,(H,22,25). The first-order valence-corrected chi connectivity index (χ1v) is 9.40. The normalized spacial score (nSPS) is 13.8. The molecule has 0 atom stereocenters. The Morgan fingerprint density at radius 1 is 0.964 bits per heavy atom. The molecule has 0 spiro atoms. The van der Waals surface area contributed by atoms with Gasteiger partial charge in [-0.2, -0.15) is 0 Å². The number of hydrogen-bond donors (Lipinski definition) is 1. The lowest BCUT2D eigenvalue weighted by Crippen LogP contribution is -2.50. The third-order valence-corrected chi connectivity index (χ3v) is 4.71. The van der Waals surface area contributed by atoms with Gasteiger partial charge in [-0.25, -0.2) is 4.79 Å². The molecule has 1 aliphatic heterocycles. The van der Waals surface area contributed by atoms with E-state index in [4.69, 9.17) is 14.2 Å². The van der Waals surface area contributed by atoms with Crippen molar-refractivity contribution in [1.82, 2.24) is 4.90 Å². The molecule has 1 fully saturated rings. The Bertz CT molecular complexity index is 787. The smallest absolute Gasteiger partial charge is 0.321 e. The first-order valence-electron chi connectivity index (χ1n) is 9.40. The summed E-state index contributed by atoms with van der Waals surface area (Å²) in [6, 6.07) is 13.1. The van der Waals surface area contributed by atoms with Crippen LogP contribution < -0.4 is 24.4 Å². The minimum Gasteiger partial charge on any atom is -0.497 e. The molecule has 1 N–H and O–H groups in total. The topological polar surface area (TPSA) is 63.3 Å². The quantitative estimate of drug-likeness (QED) is 0.825. The number of ether oxygens (including phenoxy) is 3. The van der Waals surface area contributed by atoms with Crippen LogP contribution in [0.5, 0.6) is 17.2 Å².